The first-order valence-electron chi connectivity index (χ1n) is 6.03. The van der Waals surface area contributed by atoms with Gasteiger partial charge in [-0.25, -0.2) is 4.39 Å². The molecule has 19 heavy (non-hydrogen) atoms. The molecule has 2 heterocycles. The highest BCUT2D eigenvalue weighted by Crippen LogP contribution is 2.33. The summed E-state index contributed by atoms with van der Waals surface area (Å²) in [6.45, 7) is 0. The minimum atomic E-state index is -0.196. The molecule has 0 bridgehead atoms. The van der Waals surface area contributed by atoms with Gasteiger partial charge in [0.2, 0.25) is 0 Å². The molecule has 0 spiro atoms. The minimum Gasteiger partial charge on any atom is -0.307 e. The Morgan fingerprint density at radius 2 is 2.16 bits per heavy atom. The maximum atomic E-state index is 13.2. The van der Waals surface area contributed by atoms with Crippen molar-refractivity contribution < 1.29 is 4.39 Å². The van der Waals surface area contributed by atoms with Crippen molar-refractivity contribution in [3.05, 3.63) is 52.9 Å². The van der Waals surface area contributed by atoms with Gasteiger partial charge < -0.3 is 5.32 Å². The number of hydrogen-bond acceptors (Lipinski definition) is 3. The number of nitrogens with zero attached hydrogens (tertiary/aromatic N) is 2. The highest BCUT2D eigenvalue weighted by molar-refractivity contribution is 7.19. The average molecular weight is 275 g/mol. The number of aryl methyl sites for hydroxylation is 1. The van der Waals surface area contributed by atoms with Gasteiger partial charge in [0.15, 0.2) is 0 Å². The largest absolute Gasteiger partial charge is 0.307 e. The molecule has 0 aliphatic rings. The molecule has 0 amide bonds. The van der Waals surface area contributed by atoms with Gasteiger partial charge in [-0.15, -0.1) is 11.3 Å². The van der Waals surface area contributed by atoms with Gasteiger partial charge in [0.05, 0.1) is 11.7 Å². The fourth-order valence-corrected chi connectivity index (χ4v) is 3.45. The zero-order chi connectivity index (χ0) is 13.4. The summed E-state index contributed by atoms with van der Waals surface area (Å²) >= 11 is 1.68. The SMILES string of the molecule is CNC(c1cc2cc(F)ccc2s1)c1ccnn1C. The number of fused-ring (bicyclic) bond motifs is 1. The van der Waals surface area contributed by atoms with Crippen LogP contribution < -0.4 is 5.32 Å². The zero-order valence-electron chi connectivity index (χ0n) is 10.7. The molecule has 0 aliphatic heterocycles. The first-order chi connectivity index (χ1) is 9.19. The summed E-state index contributed by atoms with van der Waals surface area (Å²) in [5, 5.41) is 8.44. The van der Waals surface area contributed by atoms with E-state index in [1.165, 1.54) is 6.07 Å². The Kier molecular flexibility index (Phi) is 3.08. The fraction of sp³-hybridized carbons (Fsp3) is 0.214. The third kappa shape index (κ3) is 2.15. The van der Waals surface area contributed by atoms with Crippen LogP contribution in [0.5, 0.6) is 0 Å². The minimum absolute atomic E-state index is 0.0768. The lowest BCUT2D eigenvalue weighted by Gasteiger charge is -2.14. The van der Waals surface area contributed by atoms with Crippen molar-refractivity contribution in [2.24, 2.45) is 7.05 Å². The molecule has 5 heteroatoms. The molecular formula is C14H14FN3S. The van der Waals surface area contributed by atoms with E-state index in [1.54, 1.807) is 23.6 Å². The molecule has 2 aromatic heterocycles. The quantitative estimate of drug-likeness (QED) is 0.796. The van der Waals surface area contributed by atoms with E-state index in [0.717, 1.165) is 20.7 Å². The summed E-state index contributed by atoms with van der Waals surface area (Å²) < 4.78 is 16.2. The molecule has 0 saturated carbocycles. The van der Waals surface area contributed by atoms with Crippen LogP contribution in [0, 0.1) is 5.82 Å². The van der Waals surface area contributed by atoms with Crippen molar-refractivity contribution in [2.45, 2.75) is 6.04 Å². The number of rotatable bonds is 3. The van der Waals surface area contributed by atoms with Gasteiger partial charge in [0.1, 0.15) is 5.82 Å². The lowest BCUT2D eigenvalue weighted by atomic mass is 10.1. The van der Waals surface area contributed by atoms with Crippen molar-refractivity contribution in [3.8, 4) is 0 Å². The third-order valence-electron chi connectivity index (χ3n) is 3.23. The molecule has 1 unspecified atom stereocenters. The summed E-state index contributed by atoms with van der Waals surface area (Å²) in [6.07, 6.45) is 1.78. The van der Waals surface area contributed by atoms with E-state index >= 15 is 0 Å². The second-order valence-electron chi connectivity index (χ2n) is 4.43. The number of thiophene rings is 1. The van der Waals surface area contributed by atoms with Crippen LogP contribution in [0.25, 0.3) is 10.1 Å². The Morgan fingerprint density at radius 3 is 2.84 bits per heavy atom. The van der Waals surface area contributed by atoms with E-state index in [4.69, 9.17) is 0 Å². The van der Waals surface area contributed by atoms with Crippen LogP contribution in [0.1, 0.15) is 16.6 Å². The Balaban J connectivity index is 2.09. The molecule has 1 atom stereocenters. The van der Waals surface area contributed by atoms with Gasteiger partial charge in [-0.2, -0.15) is 5.10 Å². The van der Waals surface area contributed by atoms with Crippen LogP contribution in [-0.4, -0.2) is 16.8 Å². The maximum absolute atomic E-state index is 13.2. The lowest BCUT2D eigenvalue weighted by Crippen LogP contribution is -2.19. The first kappa shape index (κ1) is 12.3. The van der Waals surface area contributed by atoms with Gasteiger partial charge in [-0.05, 0) is 42.8 Å². The van der Waals surface area contributed by atoms with Crippen LogP contribution in [0.4, 0.5) is 4.39 Å². The molecule has 3 rings (SSSR count). The molecule has 1 N–H and O–H groups in total. The highest BCUT2D eigenvalue weighted by atomic mass is 32.1. The molecule has 98 valence electrons. The van der Waals surface area contributed by atoms with Crippen LogP contribution in [0.2, 0.25) is 0 Å². The van der Waals surface area contributed by atoms with Gasteiger partial charge in [-0.1, -0.05) is 0 Å². The van der Waals surface area contributed by atoms with Gasteiger partial charge in [0, 0.05) is 22.8 Å². The van der Waals surface area contributed by atoms with Crippen molar-refractivity contribution >= 4 is 21.4 Å². The fourth-order valence-electron chi connectivity index (χ4n) is 2.28. The van der Waals surface area contributed by atoms with Crippen LogP contribution >= 0.6 is 11.3 Å². The van der Waals surface area contributed by atoms with E-state index in [2.05, 4.69) is 10.4 Å². The van der Waals surface area contributed by atoms with Crippen molar-refractivity contribution in [3.63, 3.8) is 0 Å². The predicted octanol–water partition coefficient (Wildman–Crippen LogP) is 3.08. The standard InChI is InChI=1S/C14H14FN3S/c1-16-14(11-5-6-17-18(11)2)13-8-9-7-10(15)3-4-12(9)19-13/h3-8,14,16H,1-2H3. The number of nitrogens with one attached hydrogen (secondary N) is 1. The average Bonchev–Trinajstić information content (AvgIpc) is 2.97. The number of hydrogen-bond donors (Lipinski definition) is 1. The molecule has 0 aliphatic carbocycles. The smallest absolute Gasteiger partial charge is 0.123 e. The Hall–Kier alpha value is -1.72. The maximum Gasteiger partial charge on any atom is 0.123 e. The molecule has 3 aromatic rings. The summed E-state index contributed by atoms with van der Waals surface area (Å²) in [5.41, 5.74) is 1.09. The molecule has 0 saturated heterocycles. The van der Waals surface area contributed by atoms with E-state index < -0.39 is 0 Å². The third-order valence-corrected chi connectivity index (χ3v) is 4.41. The Morgan fingerprint density at radius 1 is 1.32 bits per heavy atom. The molecule has 0 radical (unpaired) electrons. The zero-order valence-corrected chi connectivity index (χ0v) is 11.5. The number of aromatic nitrogens is 2. The summed E-state index contributed by atoms with van der Waals surface area (Å²) in [5.74, 6) is -0.196. The summed E-state index contributed by atoms with van der Waals surface area (Å²) in [6, 6.07) is 9.01. The van der Waals surface area contributed by atoms with Crippen LogP contribution in [-0.2, 0) is 7.05 Å². The predicted molar refractivity (Wildman–Crippen MR) is 75.9 cm³/mol. The van der Waals surface area contributed by atoms with Gasteiger partial charge in [-0.3, -0.25) is 4.68 Å². The molecular weight excluding hydrogens is 261 g/mol. The van der Waals surface area contributed by atoms with Crippen molar-refractivity contribution in [1.29, 1.82) is 0 Å². The van der Waals surface area contributed by atoms with E-state index in [0.29, 0.717) is 0 Å². The highest BCUT2D eigenvalue weighted by Gasteiger charge is 2.17. The molecule has 3 nitrogen and oxygen atoms in total. The van der Waals surface area contributed by atoms with Crippen molar-refractivity contribution in [2.75, 3.05) is 7.05 Å². The Bertz CT molecular complexity index is 716. The second-order valence-corrected chi connectivity index (χ2v) is 5.55. The van der Waals surface area contributed by atoms with E-state index in [9.17, 15) is 4.39 Å². The number of benzene rings is 1. The van der Waals surface area contributed by atoms with Crippen molar-refractivity contribution in [1.82, 2.24) is 15.1 Å². The van der Waals surface area contributed by atoms with E-state index in [-0.39, 0.29) is 11.9 Å². The van der Waals surface area contributed by atoms with Gasteiger partial charge in [0.25, 0.3) is 0 Å². The van der Waals surface area contributed by atoms with Gasteiger partial charge >= 0.3 is 0 Å². The van der Waals surface area contributed by atoms with Crippen LogP contribution in [0.15, 0.2) is 36.5 Å². The van der Waals surface area contributed by atoms with Crippen LogP contribution in [0.3, 0.4) is 0 Å². The normalized spacial score (nSPS) is 13.0. The monoisotopic (exact) mass is 275 g/mol. The second kappa shape index (κ2) is 4.75. The summed E-state index contributed by atoms with van der Waals surface area (Å²) in [4.78, 5) is 1.16. The lowest BCUT2D eigenvalue weighted by molar-refractivity contribution is 0.613. The molecule has 1 aromatic carbocycles. The van der Waals surface area contributed by atoms with E-state index in [1.807, 2.05) is 37.0 Å². The summed E-state index contributed by atoms with van der Waals surface area (Å²) in [7, 11) is 3.84. The molecule has 0 fully saturated rings. The number of halogens is 1. The first-order valence-corrected chi connectivity index (χ1v) is 6.85. The Labute approximate surface area is 114 Å². The topological polar surface area (TPSA) is 29.9 Å².